The Morgan fingerprint density at radius 1 is 1.11 bits per heavy atom. The van der Waals surface area contributed by atoms with Crippen molar-refractivity contribution in [1.82, 2.24) is 14.8 Å². The van der Waals surface area contributed by atoms with Crippen LogP contribution in [0.25, 0.3) is 5.69 Å². The summed E-state index contributed by atoms with van der Waals surface area (Å²) in [6, 6.07) is 11.0. The number of ether oxygens (including phenoxy) is 1. The van der Waals surface area contributed by atoms with E-state index in [1.807, 2.05) is 24.3 Å². The molecule has 1 aliphatic heterocycles. The lowest BCUT2D eigenvalue weighted by Crippen LogP contribution is -2.36. The van der Waals surface area contributed by atoms with Crippen molar-refractivity contribution in [1.29, 1.82) is 0 Å². The number of carbonyl (C=O) groups excluding carboxylic acids is 1. The normalized spacial score (nSPS) is 14.1. The number of hydrogen-bond acceptors (Lipinski definition) is 5. The summed E-state index contributed by atoms with van der Waals surface area (Å²) in [6.07, 6.45) is 3.16. The second-order valence-corrected chi connectivity index (χ2v) is 7.51. The first-order valence-corrected chi connectivity index (χ1v) is 9.87. The van der Waals surface area contributed by atoms with Gasteiger partial charge in [0, 0.05) is 28.9 Å². The molecular formula is C19H17BrClN5O2. The second kappa shape index (κ2) is 8.30. The molecule has 144 valence electrons. The van der Waals surface area contributed by atoms with Crippen molar-refractivity contribution in [2.24, 2.45) is 0 Å². The van der Waals surface area contributed by atoms with Gasteiger partial charge < -0.3 is 15.0 Å². The van der Waals surface area contributed by atoms with Crippen molar-refractivity contribution < 1.29 is 9.53 Å². The van der Waals surface area contributed by atoms with Gasteiger partial charge in [0.05, 0.1) is 29.5 Å². The smallest absolute Gasteiger partial charge is 0.256 e. The minimum absolute atomic E-state index is 0.239. The number of rotatable bonds is 4. The first-order chi connectivity index (χ1) is 13.6. The highest BCUT2D eigenvalue weighted by Gasteiger charge is 2.16. The fourth-order valence-corrected chi connectivity index (χ4v) is 3.75. The van der Waals surface area contributed by atoms with E-state index in [2.05, 4.69) is 36.3 Å². The van der Waals surface area contributed by atoms with E-state index in [0.29, 0.717) is 34.0 Å². The molecule has 1 amide bonds. The minimum Gasteiger partial charge on any atom is -0.378 e. The van der Waals surface area contributed by atoms with Crippen LogP contribution < -0.4 is 10.2 Å². The van der Waals surface area contributed by atoms with Gasteiger partial charge in [0.25, 0.3) is 5.91 Å². The number of carbonyl (C=O) groups is 1. The van der Waals surface area contributed by atoms with Gasteiger partial charge in [0.15, 0.2) is 0 Å². The van der Waals surface area contributed by atoms with Crippen LogP contribution in [0.5, 0.6) is 0 Å². The van der Waals surface area contributed by atoms with Crippen LogP contribution in [0, 0.1) is 0 Å². The van der Waals surface area contributed by atoms with Crippen molar-refractivity contribution in [3.63, 3.8) is 0 Å². The molecule has 0 spiro atoms. The van der Waals surface area contributed by atoms with E-state index in [4.69, 9.17) is 16.3 Å². The summed E-state index contributed by atoms with van der Waals surface area (Å²) >= 11 is 9.90. The minimum atomic E-state index is -0.239. The van der Waals surface area contributed by atoms with Crippen LogP contribution in [0.2, 0.25) is 5.02 Å². The molecule has 7 nitrogen and oxygen atoms in total. The Kier molecular flexibility index (Phi) is 5.61. The van der Waals surface area contributed by atoms with E-state index >= 15 is 0 Å². The van der Waals surface area contributed by atoms with E-state index in [1.54, 1.807) is 29.4 Å². The Morgan fingerprint density at radius 3 is 2.57 bits per heavy atom. The van der Waals surface area contributed by atoms with Crippen LogP contribution in [0.15, 0.2) is 53.5 Å². The lowest BCUT2D eigenvalue weighted by atomic mass is 10.1. The maximum Gasteiger partial charge on any atom is 0.256 e. The predicted molar refractivity (Wildman–Crippen MR) is 111 cm³/mol. The van der Waals surface area contributed by atoms with E-state index in [1.165, 1.54) is 0 Å². The number of aromatic nitrogens is 3. The fourth-order valence-electron chi connectivity index (χ4n) is 3.03. The highest BCUT2D eigenvalue weighted by atomic mass is 79.9. The SMILES string of the molecule is O=C(Nc1ccc(N2CCOCC2)c(Cl)c1)c1cc(-n2cnnc2)ccc1Br. The van der Waals surface area contributed by atoms with E-state index in [9.17, 15) is 4.79 Å². The summed E-state index contributed by atoms with van der Waals surface area (Å²) in [5.41, 5.74) is 2.87. The molecule has 1 aromatic heterocycles. The van der Waals surface area contributed by atoms with Gasteiger partial charge in [-0.15, -0.1) is 10.2 Å². The summed E-state index contributed by atoms with van der Waals surface area (Å²) in [5, 5.41) is 11.1. The van der Waals surface area contributed by atoms with Crippen molar-refractivity contribution in [3.8, 4) is 5.69 Å². The van der Waals surface area contributed by atoms with Crippen LogP contribution in [-0.4, -0.2) is 47.0 Å². The molecular weight excluding hydrogens is 446 g/mol. The third-order valence-corrected chi connectivity index (χ3v) is 5.46. The first-order valence-electron chi connectivity index (χ1n) is 8.70. The summed E-state index contributed by atoms with van der Waals surface area (Å²) in [5.74, 6) is -0.239. The van der Waals surface area contributed by atoms with E-state index < -0.39 is 0 Å². The van der Waals surface area contributed by atoms with Crippen LogP contribution in [-0.2, 0) is 4.74 Å². The highest BCUT2D eigenvalue weighted by molar-refractivity contribution is 9.10. The topological polar surface area (TPSA) is 72.3 Å². The molecule has 0 unspecified atom stereocenters. The van der Waals surface area contributed by atoms with Crippen LogP contribution in [0.3, 0.4) is 0 Å². The highest BCUT2D eigenvalue weighted by Crippen LogP contribution is 2.30. The third-order valence-electron chi connectivity index (χ3n) is 4.47. The predicted octanol–water partition coefficient (Wildman–Crippen LogP) is 3.77. The summed E-state index contributed by atoms with van der Waals surface area (Å²) < 4.78 is 7.80. The van der Waals surface area contributed by atoms with Gasteiger partial charge in [-0.05, 0) is 52.3 Å². The number of halogens is 2. The van der Waals surface area contributed by atoms with Crippen molar-refractivity contribution in [2.75, 3.05) is 36.5 Å². The number of morpholine rings is 1. The molecule has 28 heavy (non-hydrogen) atoms. The molecule has 1 saturated heterocycles. The largest absolute Gasteiger partial charge is 0.378 e. The molecule has 0 atom stereocenters. The summed E-state index contributed by atoms with van der Waals surface area (Å²) in [4.78, 5) is 15.0. The number of anilines is 2. The summed E-state index contributed by atoms with van der Waals surface area (Å²) in [6.45, 7) is 2.97. The van der Waals surface area contributed by atoms with Crippen LogP contribution in [0.1, 0.15) is 10.4 Å². The average Bonchev–Trinajstić information content (AvgIpc) is 3.24. The molecule has 9 heteroatoms. The fraction of sp³-hybridized carbons (Fsp3) is 0.211. The van der Waals surface area contributed by atoms with Crippen LogP contribution >= 0.6 is 27.5 Å². The lowest BCUT2D eigenvalue weighted by Gasteiger charge is -2.29. The van der Waals surface area contributed by atoms with Gasteiger partial charge >= 0.3 is 0 Å². The molecule has 1 fully saturated rings. The van der Waals surface area contributed by atoms with Crippen LogP contribution in [0.4, 0.5) is 11.4 Å². The lowest BCUT2D eigenvalue weighted by molar-refractivity contribution is 0.102. The summed E-state index contributed by atoms with van der Waals surface area (Å²) in [7, 11) is 0. The molecule has 2 aromatic carbocycles. The second-order valence-electron chi connectivity index (χ2n) is 6.25. The van der Waals surface area contributed by atoms with Gasteiger partial charge in [0.1, 0.15) is 12.7 Å². The average molecular weight is 463 g/mol. The van der Waals surface area contributed by atoms with E-state index in [-0.39, 0.29) is 5.91 Å². The van der Waals surface area contributed by atoms with Gasteiger partial charge in [0.2, 0.25) is 0 Å². The first kappa shape index (κ1) is 18.9. The van der Waals surface area contributed by atoms with Gasteiger partial charge in [-0.2, -0.15) is 0 Å². The maximum absolute atomic E-state index is 12.8. The van der Waals surface area contributed by atoms with Gasteiger partial charge in [-0.25, -0.2) is 0 Å². The molecule has 0 aliphatic carbocycles. The Bertz CT molecular complexity index is 990. The monoisotopic (exact) mass is 461 g/mol. The zero-order valence-corrected chi connectivity index (χ0v) is 17.2. The molecule has 3 aromatic rings. The molecule has 1 aliphatic rings. The van der Waals surface area contributed by atoms with Crippen molar-refractivity contribution in [3.05, 3.63) is 64.1 Å². The molecule has 0 bridgehead atoms. The third kappa shape index (κ3) is 4.04. The standard InChI is InChI=1S/C19H17BrClN5O2/c20-16-3-2-14(26-11-22-23-12-26)10-15(16)19(27)24-13-1-4-18(17(21)9-13)25-5-7-28-8-6-25/h1-4,9-12H,5-8H2,(H,24,27). The van der Waals surface area contributed by atoms with Crippen molar-refractivity contribution in [2.45, 2.75) is 0 Å². The Hall–Kier alpha value is -2.42. The number of nitrogens with one attached hydrogen (secondary N) is 1. The molecule has 2 heterocycles. The number of hydrogen-bond donors (Lipinski definition) is 1. The number of benzene rings is 2. The zero-order chi connectivity index (χ0) is 19.5. The Labute approximate surface area is 175 Å². The van der Waals surface area contributed by atoms with Gasteiger partial charge in [-0.1, -0.05) is 11.6 Å². The number of amides is 1. The molecule has 0 radical (unpaired) electrons. The molecule has 0 saturated carbocycles. The Morgan fingerprint density at radius 2 is 1.86 bits per heavy atom. The quantitative estimate of drug-likeness (QED) is 0.639. The molecule has 4 rings (SSSR count). The van der Waals surface area contributed by atoms with Crippen molar-refractivity contribution >= 4 is 44.8 Å². The maximum atomic E-state index is 12.8. The van der Waals surface area contributed by atoms with Gasteiger partial charge in [-0.3, -0.25) is 9.36 Å². The van der Waals surface area contributed by atoms with E-state index in [0.717, 1.165) is 24.5 Å². The Balaban J connectivity index is 1.53. The number of nitrogens with zero attached hydrogens (tertiary/aromatic N) is 4. The molecule has 1 N–H and O–H groups in total. The zero-order valence-electron chi connectivity index (χ0n) is 14.8.